The van der Waals surface area contributed by atoms with Crippen molar-refractivity contribution in [2.45, 2.75) is 18.3 Å². The number of carbonyl (C=O) groups is 1. The quantitative estimate of drug-likeness (QED) is 0.588. The molecule has 2 aliphatic rings. The topological polar surface area (TPSA) is 29.5 Å². The molecule has 1 saturated heterocycles. The lowest BCUT2D eigenvalue weighted by Gasteiger charge is -2.19. The van der Waals surface area contributed by atoms with E-state index in [0.29, 0.717) is 19.7 Å². The van der Waals surface area contributed by atoms with Gasteiger partial charge in [0.25, 0.3) is 0 Å². The number of hydrogen-bond donors (Lipinski definition) is 0. The van der Waals surface area contributed by atoms with Crippen LogP contribution in [0.4, 0.5) is 9.18 Å². The zero-order chi connectivity index (χ0) is 19.8. The fourth-order valence-electron chi connectivity index (χ4n) is 4.62. The van der Waals surface area contributed by atoms with Crippen LogP contribution < -0.4 is 0 Å². The summed E-state index contributed by atoms with van der Waals surface area (Å²) in [5.74, 6) is 0.0677. The van der Waals surface area contributed by atoms with E-state index in [9.17, 15) is 9.18 Å². The molecule has 1 atom stereocenters. The minimum Gasteiger partial charge on any atom is -0.448 e. The van der Waals surface area contributed by atoms with E-state index in [2.05, 4.69) is 24.3 Å². The highest BCUT2D eigenvalue weighted by Gasteiger charge is 2.32. The highest BCUT2D eigenvalue weighted by atomic mass is 19.1. The number of ether oxygens (including phenoxy) is 1. The monoisotopic (exact) mass is 387 g/mol. The smallest absolute Gasteiger partial charge is 0.409 e. The molecule has 3 aromatic rings. The second-order valence-corrected chi connectivity index (χ2v) is 7.79. The van der Waals surface area contributed by atoms with Gasteiger partial charge in [0, 0.05) is 24.9 Å². The summed E-state index contributed by atoms with van der Waals surface area (Å²) in [5.41, 5.74) is 5.95. The molecule has 1 aliphatic heterocycles. The molecule has 1 unspecified atom stereocenters. The Bertz CT molecular complexity index is 1000. The van der Waals surface area contributed by atoms with Crippen LogP contribution in [0.2, 0.25) is 0 Å². The minimum atomic E-state index is -0.267. The summed E-state index contributed by atoms with van der Waals surface area (Å²) in [6, 6.07) is 23.2. The third-order valence-corrected chi connectivity index (χ3v) is 6.12. The summed E-state index contributed by atoms with van der Waals surface area (Å²) in [5, 5.41) is 0. The average molecular weight is 387 g/mol. The van der Waals surface area contributed by atoms with Gasteiger partial charge in [-0.15, -0.1) is 0 Å². The molecule has 0 N–H and O–H groups in total. The molecule has 29 heavy (non-hydrogen) atoms. The molecule has 1 fully saturated rings. The Morgan fingerprint density at radius 1 is 0.931 bits per heavy atom. The van der Waals surface area contributed by atoms with E-state index in [1.54, 1.807) is 17.0 Å². The largest absolute Gasteiger partial charge is 0.448 e. The van der Waals surface area contributed by atoms with Crippen molar-refractivity contribution >= 4 is 6.09 Å². The molecule has 5 rings (SSSR count). The maximum absolute atomic E-state index is 13.2. The van der Waals surface area contributed by atoms with E-state index in [0.717, 1.165) is 12.0 Å². The van der Waals surface area contributed by atoms with Gasteiger partial charge >= 0.3 is 6.09 Å². The predicted molar refractivity (Wildman–Crippen MR) is 110 cm³/mol. The lowest BCUT2D eigenvalue weighted by atomic mass is 9.98. The Morgan fingerprint density at radius 3 is 2.21 bits per heavy atom. The van der Waals surface area contributed by atoms with E-state index < -0.39 is 0 Å². The summed E-state index contributed by atoms with van der Waals surface area (Å²) >= 11 is 0. The second kappa shape index (κ2) is 7.36. The van der Waals surface area contributed by atoms with Gasteiger partial charge in [-0.05, 0) is 46.4 Å². The van der Waals surface area contributed by atoms with Crippen LogP contribution >= 0.6 is 0 Å². The molecule has 3 aromatic carbocycles. The number of halogens is 1. The summed E-state index contributed by atoms with van der Waals surface area (Å²) in [7, 11) is 0. The summed E-state index contributed by atoms with van der Waals surface area (Å²) in [6.07, 6.45) is 0.604. The molecule has 0 bridgehead atoms. The van der Waals surface area contributed by atoms with Crippen LogP contribution in [0.25, 0.3) is 11.1 Å². The second-order valence-electron chi connectivity index (χ2n) is 7.79. The van der Waals surface area contributed by atoms with Crippen LogP contribution in [0.3, 0.4) is 0 Å². The number of fused-ring (bicyclic) bond motifs is 3. The Kier molecular flexibility index (Phi) is 4.55. The van der Waals surface area contributed by atoms with Crippen LogP contribution in [0.15, 0.2) is 72.8 Å². The van der Waals surface area contributed by atoms with Crippen molar-refractivity contribution in [1.82, 2.24) is 4.90 Å². The molecule has 0 aromatic heterocycles. The number of likely N-dealkylation sites (tertiary alicyclic amines) is 1. The van der Waals surface area contributed by atoms with Crippen molar-refractivity contribution in [3.8, 4) is 11.1 Å². The predicted octanol–water partition coefficient (Wildman–Crippen LogP) is 5.56. The summed E-state index contributed by atoms with van der Waals surface area (Å²) in [4.78, 5) is 14.5. The number of nitrogens with zero attached hydrogens (tertiary/aromatic N) is 1. The number of benzene rings is 3. The van der Waals surface area contributed by atoms with Gasteiger partial charge in [-0.3, -0.25) is 0 Å². The first-order valence-corrected chi connectivity index (χ1v) is 10.1. The van der Waals surface area contributed by atoms with Gasteiger partial charge in [0.1, 0.15) is 12.4 Å². The molecule has 146 valence electrons. The first-order chi connectivity index (χ1) is 14.2. The molecule has 3 nitrogen and oxygen atoms in total. The first kappa shape index (κ1) is 17.9. The minimum absolute atomic E-state index is 0.0712. The zero-order valence-corrected chi connectivity index (χ0v) is 16.1. The lowest BCUT2D eigenvalue weighted by Crippen LogP contribution is -2.30. The van der Waals surface area contributed by atoms with E-state index >= 15 is 0 Å². The van der Waals surface area contributed by atoms with Crippen molar-refractivity contribution < 1.29 is 13.9 Å². The van der Waals surface area contributed by atoms with Gasteiger partial charge in [-0.25, -0.2) is 9.18 Å². The maximum Gasteiger partial charge on any atom is 0.409 e. The third-order valence-electron chi connectivity index (χ3n) is 6.12. The Morgan fingerprint density at radius 2 is 1.55 bits per heavy atom. The van der Waals surface area contributed by atoms with Crippen LogP contribution in [0, 0.1) is 5.82 Å². The Labute approximate surface area is 169 Å². The highest BCUT2D eigenvalue weighted by molar-refractivity contribution is 5.79. The normalized spacial score (nSPS) is 17.8. The molecule has 0 spiro atoms. The van der Waals surface area contributed by atoms with Crippen molar-refractivity contribution in [2.75, 3.05) is 19.7 Å². The van der Waals surface area contributed by atoms with Crippen LogP contribution in [-0.2, 0) is 4.74 Å². The van der Waals surface area contributed by atoms with Gasteiger partial charge < -0.3 is 9.64 Å². The van der Waals surface area contributed by atoms with Gasteiger partial charge in [-0.2, -0.15) is 0 Å². The Hall–Kier alpha value is -3.14. The fraction of sp³-hybridized carbons (Fsp3) is 0.240. The van der Waals surface area contributed by atoms with E-state index in [1.807, 2.05) is 24.3 Å². The van der Waals surface area contributed by atoms with Gasteiger partial charge in [-0.1, -0.05) is 60.7 Å². The molecule has 0 saturated carbocycles. The van der Waals surface area contributed by atoms with Crippen molar-refractivity contribution in [3.05, 3.63) is 95.3 Å². The maximum atomic E-state index is 13.2. The molecule has 1 amide bonds. The van der Waals surface area contributed by atoms with Crippen LogP contribution in [-0.4, -0.2) is 30.7 Å². The van der Waals surface area contributed by atoms with Crippen molar-refractivity contribution in [1.29, 1.82) is 0 Å². The number of rotatable bonds is 3. The summed E-state index contributed by atoms with van der Waals surface area (Å²) < 4.78 is 18.9. The summed E-state index contributed by atoms with van der Waals surface area (Å²) in [6.45, 7) is 1.62. The average Bonchev–Trinajstić information content (AvgIpc) is 3.36. The van der Waals surface area contributed by atoms with Gasteiger partial charge in [0.2, 0.25) is 0 Å². The molecule has 0 radical (unpaired) electrons. The zero-order valence-electron chi connectivity index (χ0n) is 16.1. The number of carbonyl (C=O) groups excluding carboxylic acids is 1. The Balaban J connectivity index is 1.26. The number of hydrogen-bond acceptors (Lipinski definition) is 2. The molecule has 1 heterocycles. The van der Waals surface area contributed by atoms with Crippen LogP contribution in [0.5, 0.6) is 0 Å². The van der Waals surface area contributed by atoms with Crippen LogP contribution in [0.1, 0.15) is 34.9 Å². The van der Waals surface area contributed by atoms with E-state index in [4.69, 9.17) is 4.74 Å². The third kappa shape index (κ3) is 3.29. The standard InChI is InChI=1S/C25H22FNO2/c26-19-11-9-17(10-12-19)18-13-14-27(15-18)25(28)29-16-24-22-7-3-1-5-20(22)21-6-2-4-8-23(21)24/h1-12,18,24H,13-16H2. The van der Waals surface area contributed by atoms with Gasteiger partial charge in [0.05, 0.1) is 0 Å². The SMILES string of the molecule is O=C(OCC1c2ccccc2-c2ccccc21)N1CCC(c2ccc(F)cc2)C1. The number of amides is 1. The first-order valence-electron chi connectivity index (χ1n) is 10.1. The highest BCUT2D eigenvalue weighted by Crippen LogP contribution is 2.44. The molecular weight excluding hydrogens is 365 g/mol. The molecule has 4 heteroatoms. The van der Waals surface area contributed by atoms with E-state index in [1.165, 1.54) is 34.4 Å². The van der Waals surface area contributed by atoms with Crippen molar-refractivity contribution in [3.63, 3.8) is 0 Å². The lowest BCUT2D eigenvalue weighted by molar-refractivity contribution is 0.107. The fourth-order valence-corrected chi connectivity index (χ4v) is 4.62. The molecular formula is C25H22FNO2. The molecule has 1 aliphatic carbocycles. The van der Waals surface area contributed by atoms with E-state index in [-0.39, 0.29) is 23.7 Å². The van der Waals surface area contributed by atoms with Crippen molar-refractivity contribution in [2.24, 2.45) is 0 Å². The van der Waals surface area contributed by atoms with Gasteiger partial charge in [0.15, 0.2) is 0 Å².